The van der Waals surface area contributed by atoms with Crippen LogP contribution in [0.25, 0.3) is 0 Å². The van der Waals surface area contributed by atoms with Crippen molar-refractivity contribution in [2.75, 3.05) is 12.8 Å². The second-order valence-corrected chi connectivity index (χ2v) is 8.21. The van der Waals surface area contributed by atoms with Gasteiger partial charge in [0.05, 0.1) is 4.75 Å². The van der Waals surface area contributed by atoms with Crippen molar-refractivity contribution in [3.05, 3.63) is 34.9 Å². The highest BCUT2D eigenvalue weighted by Gasteiger charge is 2.30. The van der Waals surface area contributed by atoms with Crippen LogP contribution in [-0.2, 0) is 9.84 Å². The van der Waals surface area contributed by atoms with E-state index in [2.05, 4.69) is 5.32 Å². The van der Waals surface area contributed by atoms with E-state index >= 15 is 0 Å². The van der Waals surface area contributed by atoms with Crippen LogP contribution in [0.5, 0.6) is 0 Å². The van der Waals surface area contributed by atoms with Gasteiger partial charge in [-0.2, -0.15) is 0 Å². The quantitative estimate of drug-likeness (QED) is 0.907. The van der Waals surface area contributed by atoms with Gasteiger partial charge in [-0.15, -0.1) is 0 Å². The molecule has 0 aliphatic rings. The summed E-state index contributed by atoms with van der Waals surface area (Å²) in [6, 6.07) is 7.57. The lowest BCUT2D eigenvalue weighted by Crippen LogP contribution is -2.42. The molecule has 1 atom stereocenters. The number of halogens is 1. The topological polar surface area (TPSA) is 46.2 Å². The zero-order valence-electron chi connectivity index (χ0n) is 11.2. The highest BCUT2D eigenvalue weighted by molar-refractivity contribution is 7.92. The minimum Gasteiger partial charge on any atom is -0.309 e. The van der Waals surface area contributed by atoms with E-state index in [1.54, 1.807) is 13.8 Å². The second-order valence-electron chi connectivity index (χ2n) is 5.16. The predicted octanol–water partition coefficient (Wildman–Crippen LogP) is 2.81. The molecule has 5 heteroatoms. The van der Waals surface area contributed by atoms with E-state index in [0.29, 0.717) is 11.6 Å². The zero-order valence-corrected chi connectivity index (χ0v) is 12.8. The van der Waals surface area contributed by atoms with Crippen LogP contribution in [0.4, 0.5) is 0 Å². The van der Waals surface area contributed by atoms with Crippen molar-refractivity contribution in [1.82, 2.24) is 5.32 Å². The van der Waals surface area contributed by atoms with Crippen LogP contribution < -0.4 is 5.32 Å². The Kier molecular flexibility index (Phi) is 4.81. The van der Waals surface area contributed by atoms with Crippen LogP contribution in [0.1, 0.15) is 32.4 Å². The standard InChI is InChI=1S/C13H20ClNO2S/c1-10(11-7-5-6-8-12(11)14)15-9-13(2,3)18(4,16)17/h5-8,10,15H,9H2,1-4H3. The summed E-state index contributed by atoms with van der Waals surface area (Å²) in [7, 11) is -3.09. The van der Waals surface area contributed by atoms with E-state index < -0.39 is 14.6 Å². The SMILES string of the molecule is CC(NCC(C)(C)S(C)(=O)=O)c1ccccc1Cl. The molecule has 0 spiro atoms. The Labute approximate surface area is 114 Å². The largest absolute Gasteiger partial charge is 0.309 e. The van der Waals surface area contributed by atoms with Crippen LogP contribution in [-0.4, -0.2) is 26.0 Å². The molecule has 0 fully saturated rings. The molecule has 18 heavy (non-hydrogen) atoms. The Bertz CT molecular complexity index is 511. The van der Waals surface area contributed by atoms with Crippen molar-refractivity contribution < 1.29 is 8.42 Å². The minimum absolute atomic E-state index is 0.0136. The van der Waals surface area contributed by atoms with Crippen molar-refractivity contribution in [2.45, 2.75) is 31.6 Å². The van der Waals surface area contributed by atoms with Gasteiger partial charge in [0.2, 0.25) is 0 Å². The fourth-order valence-electron chi connectivity index (χ4n) is 1.47. The van der Waals surface area contributed by atoms with Gasteiger partial charge in [0.15, 0.2) is 9.84 Å². The number of rotatable bonds is 5. The molecule has 0 bridgehead atoms. The lowest BCUT2D eigenvalue weighted by atomic mass is 10.1. The Morgan fingerprint density at radius 3 is 2.39 bits per heavy atom. The zero-order chi connectivity index (χ0) is 14.0. The van der Waals surface area contributed by atoms with Gasteiger partial charge >= 0.3 is 0 Å². The van der Waals surface area contributed by atoms with Crippen LogP contribution in [0, 0.1) is 0 Å². The minimum atomic E-state index is -3.09. The Balaban J connectivity index is 2.74. The average molecular weight is 290 g/mol. The van der Waals surface area contributed by atoms with E-state index in [0.717, 1.165) is 5.56 Å². The van der Waals surface area contributed by atoms with E-state index in [4.69, 9.17) is 11.6 Å². The molecule has 0 aliphatic heterocycles. The molecular weight excluding hydrogens is 270 g/mol. The normalized spacial score (nSPS) is 14.5. The number of hydrogen-bond acceptors (Lipinski definition) is 3. The van der Waals surface area contributed by atoms with Gasteiger partial charge in [0.1, 0.15) is 0 Å². The first kappa shape index (κ1) is 15.5. The van der Waals surface area contributed by atoms with Gasteiger partial charge in [0, 0.05) is 23.9 Å². The monoisotopic (exact) mass is 289 g/mol. The van der Waals surface area contributed by atoms with Gasteiger partial charge < -0.3 is 5.32 Å². The maximum atomic E-state index is 11.6. The van der Waals surface area contributed by atoms with Crippen molar-refractivity contribution in [3.8, 4) is 0 Å². The molecule has 0 aromatic heterocycles. The summed E-state index contributed by atoms with van der Waals surface area (Å²) in [5, 5.41) is 3.91. The smallest absolute Gasteiger partial charge is 0.153 e. The number of sulfone groups is 1. The van der Waals surface area contributed by atoms with Crippen LogP contribution in [0.3, 0.4) is 0 Å². The molecule has 0 saturated carbocycles. The number of nitrogens with one attached hydrogen (secondary N) is 1. The second kappa shape index (κ2) is 5.59. The molecule has 0 radical (unpaired) electrons. The third-order valence-corrected chi connectivity index (χ3v) is 5.71. The fraction of sp³-hybridized carbons (Fsp3) is 0.538. The summed E-state index contributed by atoms with van der Waals surface area (Å²) >= 11 is 6.10. The van der Waals surface area contributed by atoms with Crippen molar-refractivity contribution in [2.24, 2.45) is 0 Å². The summed E-state index contributed by atoms with van der Waals surface area (Å²) in [4.78, 5) is 0. The molecule has 3 nitrogen and oxygen atoms in total. The van der Waals surface area contributed by atoms with Gasteiger partial charge in [-0.1, -0.05) is 29.8 Å². The predicted molar refractivity (Wildman–Crippen MR) is 76.8 cm³/mol. The molecule has 102 valence electrons. The summed E-state index contributed by atoms with van der Waals surface area (Å²) < 4.78 is 22.4. The van der Waals surface area contributed by atoms with E-state index in [9.17, 15) is 8.42 Å². The number of benzene rings is 1. The lowest BCUT2D eigenvalue weighted by molar-refractivity contribution is 0.489. The maximum absolute atomic E-state index is 11.6. The Morgan fingerprint density at radius 1 is 1.33 bits per heavy atom. The molecular formula is C13H20ClNO2S. The van der Waals surface area contributed by atoms with Gasteiger partial charge in [0.25, 0.3) is 0 Å². The highest BCUT2D eigenvalue weighted by atomic mass is 35.5. The first-order chi connectivity index (χ1) is 8.15. The molecule has 1 unspecified atom stereocenters. The van der Waals surface area contributed by atoms with E-state index in [-0.39, 0.29) is 6.04 Å². The Hall–Kier alpha value is -0.580. The summed E-state index contributed by atoms with van der Waals surface area (Å²) in [5.41, 5.74) is 0.975. The molecule has 0 aliphatic carbocycles. The average Bonchev–Trinajstić information content (AvgIpc) is 2.25. The molecule has 0 amide bonds. The molecule has 1 N–H and O–H groups in total. The highest BCUT2D eigenvalue weighted by Crippen LogP contribution is 2.23. The molecule has 0 saturated heterocycles. The van der Waals surface area contributed by atoms with Crippen LogP contribution in [0.2, 0.25) is 5.02 Å². The molecule has 0 heterocycles. The molecule has 1 aromatic rings. The van der Waals surface area contributed by atoms with Gasteiger partial charge in [-0.3, -0.25) is 0 Å². The third-order valence-electron chi connectivity index (χ3n) is 3.21. The van der Waals surface area contributed by atoms with E-state index in [1.165, 1.54) is 6.26 Å². The van der Waals surface area contributed by atoms with Gasteiger partial charge in [-0.05, 0) is 32.4 Å². The van der Waals surface area contributed by atoms with Crippen LogP contribution in [0.15, 0.2) is 24.3 Å². The van der Waals surface area contributed by atoms with Gasteiger partial charge in [-0.25, -0.2) is 8.42 Å². The third kappa shape index (κ3) is 3.70. The fourth-order valence-corrected chi connectivity index (χ4v) is 2.11. The van der Waals surface area contributed by atoms with Crippen molar-refractivity contribution in [1.29, 1.82) is 0 Å². The summed E-state index contributed by atoms with van der Waals surface area (Å²) in [6.07, 6.45) is 1.26. The van der Waals surface area contributed by atoms with E-state index in [1.807, 2.05) is 31.2 Å². The van der Waals surface area contributed by atoms with Crippen molar-refractivity contribution >= 4 is 21.4 Å². The first-order valence-electron chi connectivity index (χ1n) is 5.82. The molecule has 1 rings (SSSR count). The Morgan fingerprint density at radius 2 is 1.89 bits per heavy atom. The van der Waals surface area contributed by atoms with Crippen molar-refractivity contribution in [3.63, 3.8) is 0 Å². The van der Waals surface area contributed by atoms with Crippen LogP contribution >= 0.6 is 11.6 Å². The first-order valence-corrected chi connectivity index (χ1v) is 8.09. The number of hydrogen-bond donors (Lipinski definition) is 1. The molecule has 1 aromatic carbocycles. The lowest BCUT2D eigenvalue weighted by Gasteiger charge is -2.25. The summed E-state index contributed by atoms with van der Waals surface area (Å²) in [6.45, 7) is 5.79. The summed E-state index contributed by atoms with van der Waals surface area (Å²) in [5.74, 6) is 0. The maximum Gasteiger partial charge on any atom is 0.153 e.